The topological polar surface area (TPSA) is 89.5 Å². The van der Waals surface area contributed by atoms with Crippen molar-refractivity contribution >= 4 is 17.7 Å². The predicted octanol–water partition coefficient (Wildman–Crippen LogP) is 7.13. The number of pyridine rings is 1. The van der Waals surface area contributed by atoms with Crippen LogP contribution < -0.4 is 15.4 Å². The summed E-state index contributed by atoms with van der Waals surface area (Å²) in [6.45, 7) is 7.73. The van der Waals surface area contributed by atoms with Gasteiger partial charge in [-0.2, -0.15) is 0 Å². The quantitative estimate of drug-likeness (QED) is 0.277. The first kappa shape index (κ1) is 26.4. The number of carbonyl (C=O) groups is 2. The summed E-state index contributed by atoms with van der Waals surface area (Å²) in [6, 6.07) is 26.6. The van der Waals surface area contributed by atoms with Crippen molar-refractivity contribution in [2.24, 2.45) is 0 Å². The smallest absolute Gasteiger partial charge is 0.407 e. The normalized spacial score (nSPS) is 10.9. The number of hydrogen-bond donors (Lipinski definition) is 2. The van der Waals surface area contributed by atoms with Crippen LogP contribution in [-0.4, -0.2) is 22.6 Å². The van der Waals surface area contributed by atoms with Crippen molar-refractivity contribution in [3.05, 3.63) is 108 Å². The zero-order valence-corrected chi connectivity index (χ0v) is 21.9. The number of anilines is 1. The van der Waals surface area contributed by atoms with Crippen molar-refractivity contribution in [3.8, 4) is 22.8 Å². The van der Waals surface area contributed by atoms with Crippen molar-refractivity contribution in [2.45, 2.75) is 39.8 Å². The lowest BCUT2D eigenvalue weighted by Crippen LogP contribution is -2.32. The molecule has 1 aromatic heterocycles. The molecule has 0 aliphatic rings. The number of carbonyl (C=O) groups excluding carboxylic acids is 2. The molecule has 0 spiro atoms. The van der Waals surface area contributed by atoms with Gasteiger partial charge in [0.15, 0.2) is 0 Å². The predicted molar refractivity (Wildman–Crippen MR) is 148 cm³/mol. The van der Waals surface area contributed by atoms with Crippen molar-refractivity contribution in [1.29, 1.82) is 0 Å². The van der Waals surface area contributed by atoms with Crippen LogP contribution in [0.25, 0.3) is 11.1 Å². The van der Waals surface area contributed by atoms with Gasteiger partial charge in [0.05, 0.1) is 11.9 Å². The lowest BCUT2D eigenvalue weighted by molar-refractivity contribution is 0.0523. The molecule has 4 aromatic rings. The minimum Gasteiger partial charge on any atom is -0.444 e. The second-order valence-corrected chi connectivity index (χ2v) is 9.84. The zero-order valence-electron chi connectivity index (χ0n) is 21.9. The van der Waals surface area contributed by atoms with E-state index >= 15 is 0 Å². The molecule has 38 heavy (non-hydrogen) atoms. The van der Waals surface area contributed by atoms with Crippen molar-refractivity contribution in [3.63, 3.8) is 0 Å². The summed E-state index contributed by atoms with van der Waals surface area (Å²) in [5.74, 6) is 0.832. The van der Waals surface area contributed by atoms with Crippen molar-refractivity contribution in [1.82, 2.24) is 10.3 Å². The number of hydrogen-bond acceptors (Lipinski definition) is 5. The Hall–Kier alpha value is -4.65. The number of aryl methyl sites for hydroxylation is 1. The molecule has 0 saturated heterocycles. The van der Waals surface area contributed by atoms with Crippen LogP contribution in [0.4, 0.5) is 10.5 Å². The molecule has 0 bridgehead atoms. The monoisotopic (exact) mass is 509 g/mol. The number of rotatable bonds is 7. The minimum atomic E-state index is -0.544. The van der Waals surface area contributed by atoms with E-state index in [1.165, 1.54) is 0 Å². The maximum atomic E-state index is 12.7. The van der Waals surface area contributed by atoms with E-state index in [0.717, 1.165) is 22.3 Å². The number of nitrogens with one attached hydrogen (secondary N) is 2. The Labute approximate surface area is 222 Å². The standard InChI is InChI=1S/C31H31N3O4/c1-21-18-22(19-33-30(36)38-31(2,3)4)10-16-27(21)37-28-17-15-26(20-32-28)34-29(35)25-13-11-24(12-14-25)23-8-6-5-7-9-23/h5-18,20H,19H2,1-4H3,(H,33,36)(H,34,35). The Balaban J connectivity index is 1.32. The summed E-state index contributed by atoms with van der Waals surface area (Å²) in [5.41, 5.74) is 4.54. The highest BCUT2D eigenvalue weighted by atomic mass is 16.6. The minimum absolute atomic E-state index is 0.216. The highest BCUT2D eigenvalue weighted by molar-refractivity contribution is 6.04. The number of amides is 2. The van der Waals surface area contributed by atoms with E-state index < -0.39 is 11.7 Å². The highest BCUT2D eigenvalue weighted by Crippen LogP contribution is 2.26. The number of nitrogens with zero attached hydrogens (tertiary/aromatic N) is 1. The number of benzene rings is 3. The molecule has 2 amide bonds. The fourth-order valence-electron chi connectivity index (χ4n) is 3.70. The molecule has 0 radical (unpaired) electrons. The fraction of sp³-hybridized carbons (Fsp3) is 0.194. The lowest BCUT2D eigenvalue weighted by atomic mass is 10.0. The summed E-state index contributed by atoms with van der Waals surface area (Å²) in [4.78, 5) is 28.9. The first-order chi connectivity index (χ1) is 18.2. The lowest BCUT2D eigenvalue weighted by Gasteiger charge is -2.19. The maximum Gasteiger partial charge on any atom is 0.407 e. The van der Waals surface area contributed by atoms with Gasteiger partial charge in [-0.15, -0.1) is 0 Å². The van der Waals surface area contributed by atoms with E-state index in [2.05, 4.69) is 15.6 Å². The molecule has 7 nitrogen and oxygen atoms in total. The van der Waals surface area contributed by atoms with Gasteiger partial charge in [0, 0.05) is 18.2 Å². The van der Waals surface area contributed by atoms with Gasteiger partial charge >= 0.3 is 6.09 Å². The van der Waals surface area contributed by atoms with E-state index in [9.17, 15) is 9.59 Å². The number of aromatic nitrogens is 1. The van der Waals surface area contributed by atoms with Gasteiger partial charge in [0.1, 0.15) is 11.4 Å². The molecule has 0 aliphatic carbocycles. The molecule has 0 unspecified atom stereocenters. The SMILES string of the molecule is Cc1cc(CNC(=O)OC(C)(C)C)ccc1Oc1ccc(NC(=O)c2ccc(-c3ccccc3)cc2)cn1. The van der Waals surface area contributed by atoms with Gasteiger partial charge in [-0.05, 0) is 74.2 Å². The summed E-state index contributed by atoms with van der Waals surface area (Å²) >= 11 is 0. The van der Waals surface area contributed by atoms with Gasteiger partial charge in [0.25, 0.3) is 5.91 Å². The third kappa shape index (κ3) is 7.43. The first-order valence-corrected chi connectivity index (χ1v) is 12.3. The van der Waals surface area contributed by atoms with Gasteiger partial charge in [-0.25, -0.2) is 9.78 Å². The summed E-state index contributed by atoms with van der Waals surface area (Å²) in [7, 11) is 0. The van der Waals surface area contributed by atoms with E-state index in [-0.39, 0.29) is 5.91 Å². The van der Waals surface area contributed by atoms with Crippen LogP contribution in [-0.2, 0) is 11.3 Å². The molecular formula is C31H31N3O4. The van der Waals surface area contributed by atoms with E-state index in [4.69, 9.17) is 9.47 Å². The van der Waals surface area contributed by atoms with E-state index in [0.29, 0.717) is 29.4 Å². The molecule has 0 atom stereocenters. The average Bonchev–Trinajstić information content (AvgIpc) is 2.89. The number of alkyl carbamates (subject to hydrolysis) is 1. The molecule has 1 heterocycles. The summed E-state index contributed by atoms with van der Waals surface area (Å²) < 4.78 is 11.2. The van der Waals surface area contributed by atoms with Crippen LogP contribution in [0.15, 0.2) is 91.1 Å². The van der Waals surface area contributed by atoms with E-state index in [1.54, 1.807) is 30.5 Å². The molecule has 0 saturated carbocycles. The Bertz CT molecular complexity index is 1390. The van der Waals surface area contributed by atoms with Crippen LogP contribution in [0.2, 0.25) is 0 Å². The van der Waals surface area contributed by atoms with Crippen LogP contribution >= 0.6 is 0 Å². The second kappa shape index (κ2) is 11.6. The van der Waals surface area contributed by atoms with Crippen molar-refractivity contribution in [2.75, 3.05) is 5.32 Å². The zero-order chi connectivity index (χ0) is 27.1. The highest BCUT2D eigenvalue weighted by Gasteiger charge is 2.16. The van der Waals surface area contributed by atoms with Crippen LogP contribution in [0, 0.1) is 6.92 Å². The van der Waals surface area contributed by atoms with Crippen LogP contribution in [0.1, 0.15) is 42.3 Å². The van der Waals surface area contributed by atoms with Gasteiger partial charge in [0.2, 0.25) is 5.88 Å². The molecule has 194 valence electrons. The summed E-state index contributed by atoms with van der Waals surface area (Å²) in [5, 5.41) is 5.61. The molecule has 2 N–H and O–H groups in total. The van der Waals surface area contributed by atoms with Gasteiger partial charge in [-0.1, -0.05) is 54.6 Å². The largest absolute Gasteiger partial charge is 0.444 e. The molecule has 0 aliphatic heterocycles. The second-order valence-electron chi connectivity index (χ2n) is 9.84. The fourth-order valence-corrected chi connectivity index (χ4v) is 3.70. The average molecular weight is 510 g/mol. The Kier molecular flexibility index (Phi) is 8.06. The maximum absolute atomic E-state index is 12.7. The third-order valence-electron chi connectivity index (χ3n) is 5.54. The Morgan fingerprint density at radius 3 is 2.21 bits per heavy atom. The summed E-state index contributed by atoms with van der Waals surface area (Å²) in [6.07, 6.45) is 1.09. The third-order valence-corrected chi connectivity index (χ3v) is 5.54. The van der Waals surface area contributed by atoms with Crippen LogP contribution in [0.5, 0.6) is 11.6 Å². The van der Waals surface area contributed by atoms with Gasteiger partial charge < -0.3 is 20.1 Å². The molecular weight excluding hydrogens is 478 g/mol. The Morgan fingerprint density at radius 2 is 1.58 bits per heavy atom. The first-order valence-electron chi connectivity index (χ1n) is 12.3. The van der Waals surface area contributed by atoms with E-state index in [1.807, 2.05) is 88.4 Å². The van der Waals surface area contributed by atoms with Gasteiger partial charge in [-0.3, -0.25) is 4.79 Å². The molecule has 4 rings (SSSR count). The van der Waals surface area contributed by atoms with Crippen LogP contribution in [0.3, 0.4) is 0 Å². The number of ether oxygens (including phenoxy) is 2. The molecule has 7 heteroatoms. The molecule has 3 aromatic carbocycles. The van der Waals surface area contributed by atoms with Crippen molar-refractivity contribution < 1.29 is 19.1 Å². The Morgan fingerprint density at radius 1 is 0.868 bits per heavy atom. The molecule has 0 fully saturated rings.